The lowest BCUT2D eigenvalue weighted by atomic mass is 10.1. The lowest BCUT2D eigenvalue weighted by molar-refractivity contribution is -0.385. The Morgan fingerprint density at radius 2 is 2.05 bits per heavy atom. The van der Waals surface area contributed by atoms with E-state index in [1.165, 1.54) is 19.1 Å². The largest absolute Gasteiger partial charge is 0.474 e. The van der Waals surface area contributed by atoms with Crippen molar-refractivity contribution in [3.63, 3.8) is 0 Å². The number of nitro groups is 1. The Morgan fingerprint density at radius 1 is 1.42 bits per heavy atom. The van der Waals surface area contributed by atoms with Crippen molar-refractivity contribution in [1.82, 2.24) is 0 Å². The van der Waals surface area contributed by atoms with Crippen molar-refractivity contribution in [2.75, 3.05) is 13.7 Å². The molecule has 0 aliphatic rings. The van der Waals surface area contributed by atoms with Crippen molar-refractivity contribution in [3.05, 3.63) is 32.3 Å². The van der Waals surface area contributed by atoms with Crippen LogP contribution in [-0.2, 0) is 9.53 Å². The summed E-state index contributed by atoms with van der Waals surface area (Å²) in [5.74, 6) is -1.36. The summed E-state index contributed by atoms with van der Waals surface area (Å²) in [7, 11) is 1.16. The molecule has 19 heavy (non-hydrogen) atoms. The molecule has 0 amide bonds. The molecule has 1 aromatic carbocycles. The third kappa shape index (κ3) is 3.75. The van der Waals surface area contributed by atoms with E-state index in [-0.39, 0.29) is 11.3 Å². The summed E-state index contributed by atoms with van der Waals surface area (Å²) in [6.07, 6.45) is 0. The van der Waals surface area contributed by atoms with Crippen LogP contribution in [0.25, 0.3) is 0 Å². The van der Waals surface area contributed by atoms with Crippen LogP contribution in [0.3, 0.4) is 0 Å². The van der Waals surface area contributed by atoms with Gasteiger partial charge in [-0.25, -0.2) is 4.79 Å². The highest BCUT2D eigenvalue weighted by atomic mass is 79.9. The monoisotopic (exact) mass is 331 g/mol. The number of hydrogen-bond acceptors (Lipinski definition) is 6. The molecule has 0 spiro atoms. The molecule has 0 N–H and O–H groups in total. The average molecular weight is 332 g/mol. The van der Waals surface area contributed by atoms with Crippen molar-refractivity contribution >= 4 is 33.4 Å². The summed E-state index contributed by atoms with van der Waals surface area (Å²) in [5.41, 5.74) is -0.381. The van der Waals surface area contributed by atoms with Gasteiger partial charge in [0.25, 0.3) is 0 Å². The second kappa shape index (κ2) is 6.28. The van der Waals surface area contributed by atoms with Gasteiger partial charge in [0.1, 0.15) is 0 Å². The highest BCUT2D eigenvalue weighted by molar-refractivity contribution is 9.10. The minimum absolute atomic E-state index is 0.0185. The number of carbonyl (C=O) groups excluding carboxylic acids is 2. The molecule has 0 saturated heterocycles. The Balaban J connectivity index is 3.27. The van der Waals surface area contributed by atoms with Crippen molar-refractivity contribution in [3.8, 4) is 5.75 Å². The van der Waals surface area contributed by atoms with Crippen LogP contribution in [-0.4, -0.2) is 30.4 Å². The quantitative estimate of drug-likeness (QED) is 0.355. The van der Waals surface area contributed by atoms with Crippen LogP contribution in [0, 0.1) is 10.1 Å². The fraction of sp³-hybridized carbons (Fsp3) is 0.273. The number of ether oxygens (including phenoxy) is 2. The maximum atomic E-state index is 11.5. The number of carbonyl (C=O) groups is 2. The summed E-state index contributed by atoms with van der Waals surface area (Å²) in [4.78, 5) is 32.7. The van der Waals surface area contributed by atoms with Crippen LogP contribution >= 0.6 is 15.9 Å². The number of esters is 1. The zero-order chi connectivity index (χ0) is 14.6. The molecule has 8 heteroatoms. The Morgan fingerprint density at radius 3 is 2.53 bits per heavy atom. The molecule has 0 heterocycles. The summed E-state index contributed by atoms with van der Waals surface area (Å²) in [6, 6.07) is 2.58. The minimum atomic E-state index is -0.702. The molecule has 1 rings (SSSR count). The van der Waals surface area contributed by atoms with Gasteiger partial charge >= 0.3 is 11.7 Å². The molecule has 1 aromatic rings. The van der Waals surface area contributed by atoms with E-state index in [0.29, 0.717) is 4.47 Å². The predicted molar refractivity (Wildman–Crippen MR) is 68.3 cm³/mol. The lowest BCUT2D eigenvalue weighted by Gasteiger charge is -2.09. The fourth-order valence-electron chi connectivity index (χ4n) is 1.32. The highest BCUT2D eigenvalue weighted by Gasteiger charge is 2.24. The Bertz CT molecular complexity index is 507. The van der Waals surface area contributed by atoms with Gasteiger partial charge in [-0.15, -0.1) is 0 Å². The average Bonchev–Trinajstić information content (AvgIpc) is 2.35. The molecule has 0 atom stereocenters. The molecule has 0 unspecified atom stereocenters. The molecule has 7 nitrogen and oxygen atoms in total. The van der Waals surface area contributed by atoms with Crippen molar-refractivity contribution in [2.45, 2.75) is 6.92 Å². The maximum Gasteiger partial charge on any atom is 0.343 e. The fourth-order valence-corrected chi connectivity index (χ4v) is 1.76. The van der Waals surface area contributed by atoms with E-state index in [0.717, 1.165) is 7.11 Å². The van der Waals surface area contributed by atoms with Crippen molar-refractivity contribution in [2.24, 2.45) is 0 Å². The minimum Gasteiger partial charge on any atom is -0.474 e. The van der Waals surface area contributed by atoms with E-state index in [4.69, 9.17) is 4.74 Å². The van der Waals surface area contributed by atoms with Crippen LogP contribution < -0.4 is 4.74 Å². The molecule has 0 radical (unpaired) electrons. The number of benzene rings is 1. The summed E-state index contributed by atoms with van der Waals surface area (Å²) in [6.45, 7) is 0.732. The van der Waals surface area contributed by atoms with E-state index >= 15 is 0 Å². The predicted octanol–water partition coefficient (Wildman–Crippen LogP) is 2.11. The molecule has 0 bridgehead atoms. The Kier molecular flexibility index (Phi) is 4.99. The van der Waals surface area contributed by atoms with E-state index in [9.17, 15) is 19.7 Å². The number of nitro benzene ring substituents is 1. The Labute approximate surface area is 116 Å². The smallest absolute Gasteiger partial charge is 0.343 e. The van der Waals surface area contributed by atoms with Crippen LogP contribution in [0.2, 0.25) is 0 Å². The maximum absolute atomic E-state index is 11.5. The van der Waals surface area contributed by atoms with E-state index < -0.39 is 29.0 Å². The zero-order valence-corrected chi connectivity index (χ0v) is 11.7. The van der Waals surface area contributed by atoms with Gasteiger partial charge in [0.2, 0.25) is 5.75 Å². The van der Waals surface area contributed by atoms with Crippen LogP contribution in [0.1, 0.15) is 17.3 Å². The van der Waals surface area contributed by atoms with Gasteiger partial charge in [-0.1, -0.05) is 15.9 Å². The number of Topliss-reactive ketones (excluding diaryl/α,β-unsaturated/α-hetero) is 1. The first-order chi connectivity index (χ1) is 8.86. The number of rotatable bonds is 5. The third-order valence-corrected chi connectivity index (χ3v) is 2.63. The van der Waals surface area contributed by atoms with E-state index in [2.05, 4.69) is 20.7 Å². The zero-order valence-electron chi connectivity index (χ0n) is 10.1. The van der Waals surface area contributed by atoms with Crippen molar-refractivity contribution < 1.29 is 24.0 Å². The molecule has 0 aliphatic carbocycles. The Hall–Kier alpha value is -1.96. The SMILES string of the molecule is COC(=O)COc1c(C(C)=O)cc(Br)cc1[N+](=O)[O-]. The van der Waals surface area contributed by atoms with E-state index in [1.807, 2.05) is 0 Å². The van der Waals surface area contributed by atoms with Crippen molar-refractivity contribution in [1.29, 1.82) is 0 Å². The van der Waals surface area contributed by atoms with Gasteiger partial charge in [-0.05, 0) is 13.0 Å². The topological polar surface area (TPSA) is 95.7 Å². The molecule has 0 saturated carbocycles. The van der Waals surface area contributed by atoms with Crippen LogP contribution in [0.4, 0.5) is 5.69 Å². The van der Waals surface area contributed by atoms with Gasteiger partial charge in [0.05, 0.1) is 17.6 Å². The second-order valence-electron chi connectivity index (χ2n) is 3.48. The number of hydrogen-bond donors (Lipinski definition) is 0. The van der Waals surface area contributed by atoms with Gasteiger partial charge in [-0.2, -0.15) is 0 Å². The molecule has 0 aromatic heterocycles. The summed E-state index contributed by atoms with van der Waals surface area (Å²) in [5, 5.41) is 10.9. The normalized spacial score (nSPS) is 9.84. The standard InChI is InChI=1S/C11H10BrNO6/c1-6(14)8-3-7(12)4-9(13(16)17)11(8)19-5-10(15)18-2/h3-4H,5H2,1-2H3. The number of ketones is 1. The van der Waals surface area contributed by atoms with Crippen LogP contribution in [0.15, 0.2) is 16.6 Å². The number of nitrogens with zero attached hydrogens (tertiary/aromatic N) is 1. The van der Waals surface area contributed by atoms with Gasteiger partial charge < -0.3 is 9.47 Å². The summed E-state index contributed by atoms with van der Waals surface area (Å²) < 4.78 is 9.78. The first kappa shape index (κ1) is 15.1. The molecular weight excluding hydrogens is 322 g/mol. The first-order valence-corrected chi connectivity index (χ1v) is 5.84. The number of methoxy groups -OCH3 is 1. The molecule has 102 valence electrons. The highest BCUT2D eigenvalue weighted by Crippen LogP contribution is 2.34. The second-order valence-corrected chi connectivity index (χ2v) is 4.40. The molecular formula is C11H10BrNO6. The van der Waals surface area contributed by atoms with Gasteiger partial charge in [-0.3, -0.25) is 14.9 Å². The van der Waals surface area contributed by atoms with E-state index in [1.54, 1.807) is 0 Å². The molecule has 0 fully saturated rings. The third-order valence-electron chi connectivity index (χ3n) is 2.17. The number of halogens is 1. The summed E-state index contributed by atoms with van der Waals surface area (Å²) >= 11 is 3.07. The van der Waals surface area contributed by atoms with Crippen LogP contribution in [0.5, 0.6) is 5.75 Å². The van der Waals surface area contributed by atoms with Gasteiger partial charge in [0, 0.05) is 10.5 Å². The molecule has 0 aliphatic heterocycles. The lowest BCUT2D eigenvalue weighted by Crippen LogP contribution is -2.15. The van der Waals surface area contributed by atoms with Gasteiger partial charge in [0.15, 0.2) is 12.4 Å². The first-order valence-electron chi connectivity index (χ1n) is 5.05.